The van der Waals surface area contributed by atoms with Gasteiger partial charge in [0.05, 0.1) is 10.7 Å². The molecule has 0 aliphatic carbocycles. The summed E-state index contributed by atoms with van der Waals surface area (Å²) in [6.45, 7) is 0. The van der Waals surface area contributed by atoms with Gasteiger partial charge in [0.2, 0.25) is 5.91 Å². The number of carbonyl (C=O) groups excluding carboxylic acids is 2. The summed E-state index contributed by atoms with van der Waals surface area (Å²) in [5, 5.41) is 3.39. The fourth-order valence-electron chi connectivity index (χ4n) is 3.22. The van der Waals surface area contributed by atoms with Crippen LogP contribution in [0.15, 0.2) is 79.1 Å². The van der Waals surface area contributed by atoms with Crippen LogP contribution in [0, 0.1) is 0 Å². The lowest BCUT2D eigenvalue weighted by Crippen LogP contribution is -2.16. The number of halogens is 1. The van der Waals surface area contributed by atoms with Gasteiger partial charge in [0.1, 0.15) is 5.82 Å². The second kappa shape index (κ2) is 8.87. The van der Waals surface area contributed by atoms with Crippen LogP contribution in [-0.2, 0) is 0 Å². The minimum Gasteiger partial charge on any atom is -0.384 e. The van der Waals surface area contributed by atoms with Crippen LogP contribution >= 0.6 is 11.6 Å². The van der Waals surface area contributed by atoms with Crippen LogP contribution in [0.4, 0.5) is 11.5 Å². The quantitative estimate of drug-likeness (QED) is 0.421. The number of anilines is 2. The minimum absolute atomic E-state index is 0.275. The van der Waals surface area contributed by atoms with Crippen LogP contribution in [0.5, 0.6) is 0 Å². The molecule has 2 aromatic carbocycles. The van der Waals surface area contributed by atoms with Crippen molar-refractivity contribution >= 4 is 34.9 Å². The van der Waals surface area contributed by atoms with Crippen molar-refractivity contribution in [3.05, 3.63) is 95.3 Å². The average Bonchev–Trinajstić information content (AvgIpc) is 2.81. The van der Waals surface area contributed by atoms with Gasteiger partial charge >= 0.3 is 0 Å². The summed E-state index contributed by atoms with van der Waals surface area (Å²) in [4.78, 5) is 33.2. The van der Waals surface area contributed by atoms with Gasteiger partial charge < -0.3 is 16.8 Å². The second-order valence-electron chi connectivity index (χ2n) is 6.96. The molecule has 0 radical (unpaired) electrons. The van der Waals surface area contributed by atoms with Crippen LogP contribution in [0.3, 0.4) is 0 Å². The molecule has 4 rings (SSSR count). The standard InChI is InChI=1S/C24H18ClN5O2/c25-20-8-6-16(12-19(20)21-3-1-2-10-28-21)30-24(32)17-7-4-14(23(27)31)11-18(17)15-5-9-22(26)29-13-15/h1-13H,(H2,26,29)(H2,27,31)(H,30,32). The highest BCUT2D eigenvalue weighted by Crippen LogP contribution is 2.30. The van der Waals surface area contributed by atoms with Gasteiger partial charge in [0.25, 0.3) is 5.91 Å². The number of nitrogens with two attached hydrogens (primary N) is 2. The molecule has 0 saturated heterocycles. The van der Waals surface area contributed by atoms with Gasteiger partial charge in [-0.05, 0) is 66.2 Å². The molecule has 0 fully saturated rings. The molecule has 4 aromatic rings. The molecule has 2 heterocycles. The number of amides is 2. The molecule has 5 N–H and O–H groups in total. The van der Waals surface area contributed by atoms with Crippen LogP contribution in [0.2, 0.25) is 5.02 Å². The molecule has 32 heavy (non-hydrogen) atoms. The molecule has 0 aliphatic heterocycles. The van der Waals surface area contributed by atoms with Crippen molar-refractivity contribution in [2.24, 2.45) is 5.73 Å². The predicted octanol–water partition coefficient (Wildman–Crippen LogP) is 4.40. The third kappa shape index (κ3) is 4.43. The summed E-state index contributed by atoms with van der Waals surface area (Å²) < 4.78 is 0. The lowest BCUT2D eigenvalue weighted by atomic mass is 9.97. The fraction of sp³-hybridized carbons (Fsp3) is 0. The summed E-state index contributed by atoms with van der Waals surface area (Å²) in [6, 6.07) is 18.6. The lowest BCUT2D eigenvalue weighted by Gasteiger charge is -2.13. The Morgan fingerprint density at radius 3 is 2.44 bits per heavy atom. The zero-order valence-corrected chi connectivity index (χ0v) is 17.5. The molecule has 2 aromatic heterocycles. The molecular formula is C24H18ClN5O2. The smallest absolute Gasteiger partial charge is 0.256 e. The van der Waals surface area contributed by atoms with Gasteiger partial charge in [-0.15, -0.1) is 0 Å². The van der Waals surface area contributed by atoms with Crippen molar-refractivity contribution in [1.82, 2.24) is 9.97 Å². The number of nitrogens with zero attached hydrogens (tertiary/aromatic N) is 2. The number of hydrogen-bond acceptors (Lipinski definition) is 5. The van der Waals surface area contributed by atoms with E-state index in [0.29, 0.717) is 44.5 Å². The van der Waals surface area contributed by atoms with Gasteiger partial charge in [-0.2, -0.15) is 0 Å². The highest BCUT2D eigenvalue weighted by molar-refractivity contribution is 6.33. The summed E-state index contributed by atoms with van der Waals surface area (Å²) in [5.74, 6) is -0.629. The largest absolute Gasteiger partial charge is 0.384 e. The first-order valence-corrected chi connectivity index (χ1v) is 9.98. The average molecular weight is 444 g/mol. The first-order valence-electron chi connectivity index (χ1n) is 9.60. The third-order valence-corrected chi connectivity index (χ3v) is 5.14. The van der Waals surface area contributed by atoms with E-state index in [1.54, 1.807) is 48.7 Å². The molecule has 0 bridgehead atoms. The number of carbonyl (C=O) groups is 2. The Bertz CT molecular complexity index is 1310. The third-order valence-electron chi connectivity index (χ3n) is 4.81. The van der Waals surface area contributed by atoms with E-state index in [1.165, 1.54) is 12.3 Å². The molecule has 0 aliphatic rings. The van der Waals surface area contributed by atoms with E-state index in [-0.39, 0.29) is 11.5 Å². The number of hydrogen-bond donors (Lipinski definition) is 3. The van der Waals surface area contributed by atoms with E-state index in [0.717, 1.165) is 0 Å². The fourth-order valence-corrected chi connectivity index (χ4v) is 3.43. The van der Waals surface area contributed by atoms with Crippen molar-refractivity contribution < 1.29 is 9.59 Å². The van der Waals surface area contributed by atoms with E-state index in [4.69, 9.17) is 23.1 Å². The first-order chi connectivity index (χ1) is 15.4. The van der Waals surface area contributed by atoms with Gasteiger partial charge in [-0.1, -0.05) is 17.7 Å². The summed E-state index contributed by atoms with van der Waals surface area (Å²) in [5.41, 5.74) is 14.8. The van der Waals surface area contributed by atoms with Crippen LogP contribution in [0.1, 0.15) is 20.7 Å². The number of nitrogen functional groups attached to an aromatic ring is 1. The highest BCUT2D eigenvalue weighted by atomic mass is 35.5. The van der Waals surface area contributed by atoms with E-state index in [2.05, 4.69) is 15.3 Å². The van der Waals surface area contributed by atoms with Gasteiger partial charge in [-0.25, -0.2) is 4.98 Å². The molecule has 2 amide bonds. The van der Waals surface area contributed by atoms with Crippen LogP contribution in [0.25, 0.3) is 22.4 Å². The molecule has 158 valence electrons. The SMILES string of the molecule is NC(=O)c1ccc(C(=O)Nc2ccc(Cl)c(-c3ccccn3)c2)c(-c2ccc(N)nc2)c1. The Balaban J connectivity index is 1.71. The monoisotopic (exact) mass is 443 g/mol. The molecule has 8 heteroatoms. The maximum atomic E-state index is 13.2. The van der Waals surface area contributed by atoms with Crippen molar-refractivity contribution in [2.45, 2.75) is 0 Å². The van der Waals surface area contributed by atoms with Crippen molar-refractivity contribution in [3.8, 4) is 22.4 Å². The van der Waals surface area contributed by atoms with E-state index >= 15 is 0 Å². The Kier molecular flexibility index (Phi) is 5.83. The molecule has 7 nitrogen and oxygen atoms in total. The summed E-state index contributed by atoms with van der Waals surface area (Å²) in [6.07, 6.45) is 3.21. The highest BCUT2D eigenvalue weighted by Gasteiger charge is 2.17. The first kappa shape index (κ1) is 21.0. The maximum absolute atomic E-state index is 13.2. The Morgan fingerprint density at radius 1 is 0.906 bits per heavy atom. The Labute approximate surface area is 189 Å². The number of pyridine rings is 2. The maximum Gasteiger partial charge on any atom is 0.256 e. The normalized spacial score (nSPS) is 10.5. The molecular weight excluding hydrogens is 426 g/mol. The lowest BCUT2D eigenvalue weighted by molar-refractivity contribution is 0.0995. The number of benzene rings is 2. The Morgan fingerprint density at radius 2 is 1.75 bits per heavy atom. The van der Waals surface area contributed by atoms with Crippen molar-refractivity contribution in [3.63, 3.8) is 0 Å². The number of rotatable bonds is 5. The topological polar surface area (TPSA) is 124 Å². The summed E-state index contributed by atoms with van der Waals surface area (Å²) >= 11 is 6.34. The van der Waals surface area contributed by atoms with Crippen molar-refractivity contribution in [2.75, 3.05) is 11.1 Å². The van der Waals surface area contributed by atoms with Crippen LogP contribution < -0.4 is 16.8 Å². The number of nitrogens with one attached hydrogen (secondary N) is 1. The predicted molar refractivity (Wildman–Crippen MR) is 125 cm³/mol. The van der Waals surface area contributed by atoms with Gasteiger partial charge in [0, 0.05) is 40.3 Å². The Hall–Kier alpha value is -4.23. The summed E-state index contributed by atoms with van der Waals surface area (Å²) in [7, 11) is 0. The minimum atomic E-state index is -0.598. The zero-order valence-electron chi connectivity index (χ0n) is 16.7. The zero-order chi connectivity index (χ0) is 22.7. The number of aromatic nitrogens is 2. The van der Waals surface area contributed by atoms with E-state index < -0.39 is 5.91 Å². The van der Waals surface area contributed by atoms with E-state index in [1.807, 2.05) is 18.2 Å². The second-order valence-corrected chi connectivity index (χ2v) is 7.37. The van der Waals surface area contributed by atoms with Gasteiger partial charge in [-0.3, -0.25) is 14.6 Å². The van der Waals surface area contributed by atoms with E-state index in [9.17, 15) is 9.59 Å². The molecule has 0 atom stereocenters. The molecule has 0 saturated carbocycles. The van der Waals surface area contributed by atoms with Crippen LogP contribution in [-0.4, -0.2) is 21.8 Å². The molecule has 0 spiro atoms. The number of primary amides is 1. The van der Waals surface area contributed by atoms with Crippen molar-refractivity contribution in [1.29, 1.82) is 0 Å². The molecule has 0 unspecified atom stereocenters. The van der Waals surface area contributed by atoms with Gasteiger partial charge in [0.15, 0.2) is 0 Å².